The Morgan fingerprint density at radius 2 is 2.16 bits per heavy atom. The molecule has 1 fully saturated rings. The van der Waals surface area contributed by atoms with Crippen LogP contribution in [-0.4, -0.2) is 41.2 Å². The Bertz CT molecular complexity index is 456. The van der Waals surface area contributed by atoms with Crippen molar-refractivity contribution in [1.29, 1.82) is 0 Å². The molecule has 1 amide bonds. The molecule has 1 aromatic carbocycles. The molecule has 0 radical (unpaired) electrons. The predicted molar refractivity (Wildman–Crippen MR) is 72.8 cm³/mol. The summed E-state index contributed by atoms with van der Waals surface area (Å²) in [6, 6.07) is 7.20. The van der Waals surface area contributed by atoms with Gasteiger partial charge in [-0.3, -0.25) is 4.79 Å². The third-order valence-electron chi connectivity index (χ3n) is 3.47. The van der Waals surface area contributed by atoms with Crippen LogP contribution in [0.3, 0.4) is 0 Å². The lowest BCUT2D eigenvalue weighted by Gasteiger charge is -2.46. The Labute approximate surface area is 113 Å². The lowest BCUT2D eigenvalue weighted by atomic mass is 9.91. The average Bonchev–Trinajstić information content (AvgIpc) is 2.37. The van der Waals surface area contributed by atoms with Gasteiger partial charge in [-0.05, 0) is 18.6 Å². The van der Waals surface area contributed by atoms with Gasteiger partial charge in [-0.15, -0.1) is 0 Å². The summed E-state index contributed by atoms with van der Waals surface area (Å²) in [5.74, 6) is 0.608. The van der Waals surface area contributed by atoms with Gasteiger partial charge in [0.05, 0.1) is 37.4 Å². The van der Waals surface area contributed by atoms with E-state index in [1.165, 1.54) is 0 Å². The van der Waals surface area contributed by atoms with Crippen molar-refractivity contribution in [1.82, 2.24) is 4.90 Å². The molecule has 1 aromatic rings. The molecule has 5 heteroatoms. The lowest BCUT2D eigenvalue weighted by molar-refractivity contribution is -0.156. The average molecular weight is 264 g/mol. The van der Waals surface area contributed by atoms with Crippen molar-refractivity contribution in [2.24, 2.45) is 0 Å². The summed E-state index contributed by atoms with van der Waals surface area (Å²) in [5.41, 5.74) is 5.62. The zero-order valence-corrected chi connectivity index (χ0v) is 11.1. The molecule has 0 atom stereocenters. The van der Waals surface area contributed by atoms with Crippen LogP contribution in [0.2, 0.25) is 0 Å². The van der Waals surface area contributed by atoms with E-state index in [9.17, 15) is 9.90 Å². The smallest absolute Gasteiger partial charge is 0.226 e. The Hall–Kier alpha value is -1.75. The molecule has 0 aliphatic carbocycles. The number of nitrogens with two attached hydrogens (primary N) is 1. The van der Waals surface area contributed by atoms with E-state index in [2.05, 4.69) is 0 Å². The number of carbonyl (C=O) groups excluding carboxylic acids is 1. The molecule has 1 heterocycles. The minimum absolute atomic E-state index is 0.00706. The molecule has 1 saturated heterocycles. The Balaban J connectivity index is 1.72. The number of nitrogen functional groups attached to an aromatic ring is 1. The van der Waals surface area contributed by atoms with Gasteiger partial charge in [0.1, 0.15) is 5.75 Å². The standard InChI is InChI=1S/C14H20N2O3/c1-2-14(18)9-16(10-14)13(17)7-8-19-12-6-4-3-5-11(12)15/h3-6,18H,2,7-10,15H2,1H3. The van der Waals surface area contributed by atoms with E-state index in [4.69, 9.17) is 10.5 Å². The SMILES string of the molecule is CCC1(O)CN(C(=O)CCOc2ccccc2N)C1. The van der Waals surface area contributed by atoms with Crippen LogP contribution in [0.1, 0.15) is 19.8 Å². The monoisotopic (exact) mass is 264 g/mol. The summed E-state index contributed by atoms with van der Waals surface area (Å²) < 4.78 is 5.47. The van der Waals surface area contributed by atoms with Gasteiger partial charge < -0.3 is 20.5 Å². The summed E-state index contributed by atoms with van der Waals surface area (Å²) in [7, 11) is 0. The highest BCUT2D eigenvalue weighted by Crippen LogP contribution is 2.25. The number of β-amino-alcohol motifs (C(OH)–C–C–N with tert-alkyl or cyclic N) is 1. The van der Waals surface area contributed by atoms with Crippen LogP contribution in [0.4, 0.5) is 5.69 Å². The minimum Gasteiger partial charge on any atom is -0.491 e. The number of hydrogen-bond acceptors (Lipinski definition) is 4. The van der Waals surface area contributed by atoms with E-state index >= 15 is 0 Å². The van der Waals surface area contributed by atoms with Gasteiger partial charge in [-0.25, -0.2) is 0 Å². The topological polar surface area (TPSA) is 75.8 Å². The van der Waals surface area contributed by atoms with E-state index in [-0.39, 0.29) is 5.91 Å². The van der Waals surface area contributed by atoms with Crippen LogP contribution >= 0.6 is 0 Å². The van der Waals surface area contributed by atoms with Crippen molar-refractivity contribution in [3.8, 4) is 5.75 Å². The summed E-state index contributed by atoms with van der Waals surface area (Å²) in [6.45, 7) is 3.07. The fourth-order valence-electron chi connectivity index (χ4n) is 2.08. The Kier molecular flexibility index (Phi) is 3.95. The lowest BCUT2D eigenvalue weighted by Crippen LogP contribution is -2.63. The number of ether oxygens (including phenoxy) is 1. The van der Waals surface area contributed by atoms with Crippen LogP contribution in [-0.2, 0) is 4.79 Å². The number of rotatable bonds is 5. The summed E-state index contributed by atoms with van der Waals surface area (Å²) >= 11 is 0. The first-order valence-corrected chi connectivity index (χ1v) is 6.51. The van der Waals surface area contributed by atoms with Gasteiger partial charge in [-0.2, -0.15) is 0 Å². The molecule has 104 valence electrons. The maximum atomic E-state index is 11.8. The van der Waals surface area contributed by atoms with Gasteiger partial charge in [-0.1, -0.05) is 19.1 Å². The first-order chi connectivity index (χ1) is 9.04. The van der Waals surface area contributed by atoms with Crippen LogP contribution in [0.15, 0.2) is 24.3 Å². The second-order valence-corrected chi connectivity index (χ2v) is 4.96. The van der Waals surface area contributed by atoms with Crippen molar-refractivity contribution in [3.05, 3.63) is 24.3 Å². The third kappa shape index (κ3) is 3.17. The van der Waals surface area contributed by atoms with E-state index in [0.717, 1.165) is 0 Å². The minimum atomic E-state index is -0.680. The first-order valence-electron chi connectivity index (χ1n) is 6.51. The van der Waals surface area contributed by atoms with Gasteiger partial charge >= 0.3 is 0 Å². The summed E-state index contributed by atoms with van der Waals surface area (Å²) in [4.78, 5) is 13.5. The van der Waals surface area contributed by atoms with Crippen LogP contribution in [0.25, 0.3) is 0 Å². The molecule has 5 nitrogen and oxygen atoms in total. The predicted octanol–water partition coefficient (Wildman–Crippen LogP) is 1.02. The second kappa shape index (κ2) is 5.48. The van der Waals surface area contributed by atoms with E-state index in [0.29, 0.717) is 44.0 Å². The van der Waals surface area contributed by atoms with Gasteiger partial charge in [0, 0.05) is 0 Å². The largest absolute Gasteiger partial charge is 0.491 e. The zero-order valence-electron chi connectivity index (χ0n) is 11.1. The molecule has 19 heavy (non-hydrogen) atoms. The highest BCUT2D eigenvalue weighted by Gasteiger charge is 2.41. The van der Waals surface area contributed by atoms with Crippen LogP contribution in [0.5, 0.6) is 5.75 Å². The normalized spacial score (nSPS) is 16.8. The number of likely N-dealkylation sites (tertiary alicyclic amines) is 1. The molecule has 3 N–H and O–H groups in total. The maximum Gasteiger partial charge on any atom is 0.226 e. The van der Waals surface area contributed by atoms with Crippen LogP contribution in [0, 0.1) is 0 Å². The van der Waals surface area contributed by atoms with Crippen molar-refractivity contribution in [2.45, 2.75) is 25.4 Å². The number of nitrogens with zero attached hydrogens (tertiary/aromatic N) is 1. The number of aliphatic hydroxyl groups is 1. The summed E-state index contributed by atoms with van der Waals surface area (Å²) in [6.07, 6.45) is 0.974. The van der Waals surface area contributed by atoms with Crippen molar-refractivity contribution < 1.29 is 14.6 Å². The number of anilines is 1. The van der Waals surface area contributed by atoms with Crippen molar-refractivity contribution >= 4 is 11.6 Å². The summed E-state index contributed by atoms with van der Waals surface area (Å²) in [5, 5.41) is 9.84. The molecule has 0 aromatic heterocycles. The maximum absolute atomic E-state index is 11.8. The van der Waals surface area contributed by atoms with Crippen molar-refractivity contribution in [2.75, 3.05) is 25.4 Å². The molecular formula is C14H20N2O3. The zero-order chi connectivity index (χ0) is 13.9. The third-order valence-corrected chi connectivity index (χ3v) is 3.47. The van der Waals surface area contributed by atoms with Crippen molar-refractivity contribution in [3.63, 3.8) is 0 Å². The molecule has 0 saturated carbocycles. The molecule has 2 rings (SSSR count). The molecular weight excluding hydrogens is 244 g/mol. The molecule has 1 aliphatic heterocycles. The highest BCUT2D eigenvalue weighted by molar-refractivity contribution is 5.77. The van der Waals surface area contributed by atoms with Crippen LogP contribution < -0.4 is 10.5 Å². The number of para-hydroxylation sites is 2. The fraction of sp³-hybridized carbons (Fsp3) is 0.500. The number of hydrogen-bond donors (Lipinski definition) is 2. The molecule has 0 bridgehead atoms. The number of amides is 1. The Morgan fingerprint density at radius 3 is 2.79 bits per heavy atom. The van der Waals surface area contributed by atoms with Gasteiger partial charge in [0.15, 0.2) is 0 Å². The Morgan fingerprint density at radius 1 is 1.47 bits per heavy atom. The molecule has 0 unspecified atom stereocenters. The quantitative estimate of drug-likeness (QED) is 0.779. The fourth-order valence-corrected chi connectivity index (χ4v) is 2.08. The highest BCUT2D eigenvalue weighted by atomic mass is 16.5. The number of benzene rings is 1. The second-order valence-electron chi connectivity index (χ2n) is 4.96. The molecule has 1 aliphatic rings. The molecule has 0 spiro atoms. The van der Waals surface area contributed by atoms with E-state index in [1.807, 2.05) is 19.1 Å². The first kappa shape index (κ1) is 13.7. The van der Waals surface area contributed by atoms with E-state index in [1.54, 1.807) is 17.0 Å². The number of carbonyl (C=O) groups is 1. The van der Waals surface area contributed by atoms with E-state index < -0.39 is 5.60 Å². The van der Waals surface area contributed by atoms with Gasteiger partial charge in [0.25, 0.3) is 0 Å². The van der Waals surface area contributed by atoms with Gasteiger partial charge in [0.2, 0.25) is 5.91 Å².